The second kappa shape index (κ2) is 8.40. The fourth-order valence-electron chi connectivity index (χ4n) is 7.67. The lowest BCUT2D eigenvalue weighted by Crippen LogP contribution is -2.28. The van der Waals surface area contributed by atoms with Gasteiger partial charge in [-0.1, -0.05) is 152 Å². The van der Waals surface area contributed by atoms with E-state index in [9.17, 15) is 0 Å². The zero-order valence-electron chi connectivity index (χ0n) is 22.5. The number of hydrogen-bond acceptors (Lipinski definition) is 0. The van der Waals surface area contributed by atoms with Crippen molar-refractivity contribution in [3.63, 3.8) is 0 Å². The first-order chi connectivity index (χ1) is 20.4. The lowest BCUT2D eigenvalue weighted by atomic mass is 9.67. The van der Waals surface area contributed by atoms with Gasteiger partial charge in [-0.25, -0.2) is 0 Å². The third-order valence-corrected chi connectivity index (χ3v) is 9.32. The maximum atomic E-state index is 2.47. The van der Waals surface area contributed by atoms with Gasteiger partial charge in [-0.3, -0.25) is 0 Å². The lowest BCUT2D eigenvalue weighted by Gasteiger charge is -2.34. The summed E-state index contributed by atoms with van der Waals surface area (Å²) in [6, 6.07) is 58.5. The highest BCUT2D eigenvalue weighted by Gasteiger charge is 2.46. The third-order valence-electron chi connectivity index (χ3n) is 9.32. The molecular formula is C41H26. The number of fused-ring (bicyclic) bond motifs is 6. The van der Waals surface area contributed by atoms with Crippen molar-refractivity contribution in [1.82, 2.24) is 0 Å². The quantitative estimate of drug-likeness (QED) is 0.218. The van der Waals surface area contributed by atoms with Gasteiger partial charge in [0.2, 0.25) is 0 Å². The molecule has 0 atom stereocenters. The molecule has 190 valence electrons. The Morgan fingerprint density at radius 3 is 1.54 bits per heavy atom. The van der Waals surface area contributed by atoms with Crippen molar-refractivity contribution in [3.8, 4) is 44.5 Å². The molecule has 9 rings (SSSR count). The summed E-state index contributed by atoms with van der Waals surface area (Å²) in [7, 11) is 0. The standard InChI is InChI=1S/C41H26/c1-3-12-28(13-4-1)41(29-14-5-2-6-15-29)38-21-10-9-18-33(38)34-23-22-27(26-39(34)41)30-24-25-37-32-17-8-7-16-31(32)36-20-11-19-35(30)40(36)37/h1-26H. The zero-order chi connectivity index (χ0) is 27.0. The number of hydrogen-bond donors (Lipinski definition) is 0. The van der Waals surface area contributed by atoms with E-state index < -0.39 is 5.41 Å². The largest absolute Gasteiger partial charge is 0.0713 e. The smallest absolute Gasteiger partial charge is 0.0622 e. The second-order valence-electron chi connectivity index (χ2n) is 11.2. The van der Waals surface area contributed by atoms with Crippen LogP contribution in [0, 0.1) is 0 Å². The third kappa shape index (κ3) is 2.94. The van der Waals surface area contributed by atoms with Crippen LogP contribution in [0.15, 0.2) is 158 Å². The van der Waals surface area contributed by atoms with Crippen LogP contribution in [0.2, 0.25) is 0 Å². The minimum absolute atomic E-state index is 0.393. The van der Waals surface area contributed by atoms with Crippen LogP contribution in [0.1, 0.15) is 22.3 Å². The van der Waals surface area contributed by atoms with Crippen molar-refractivity contribution < 1.29 is 0 Å². The average molecular weight is 519 g/mol. The van der Waals surface area contributed by atoms with Gasteiger partial charge in [0.15, 0.2) is 0 Å². The van der Waals surface area contributed by atoms with Crippen LogP contribution in [0.3, 0.4) is 0 Å². The molecule has 0 aromatic heterocycles. The molecule has 0 radical (unpaired) electrons. The van der Waals surface area contributed by atoms with E-state index in [4.69, 9.17) is 0 Å². The first-order valence-corrected chi connectivity index (χ1v) is 14.4. The van der Waals surface area contributed by atoms with Gasteiger partial charge in [-0.05, 0) is 83.6 Å². The Hall–Kier alpha value is -5.20. The monoisotopic (exact) mass is 518 g/mol. The summed E-state index contributed by atoms with van der Waals surface area (Å²) in [6.45, 7) is 0. The highest BCUT2D eigenvalue weighted by atomic mass is 14.5. The van der Waals surface area contributed by atoms with Gasteiger partial charge in [0.05, 0.1) is 5.41 Å². The van der Waals surface area contributed by atoms with E-state index in [0.29, 0.717) is 0 Å². The Balaban J connectivity index is 1.35. The van der Waals surface area contributed by atoms with Crippen molar-refractivity contribution in [2.24, 2.45) is 0 Å². The van der Waals surface area contributed by atoms with Crippen LogP contribution in [-0.2, 0) is 5.41 Å². The summed E-state index contributed by atoms with van der Waals surface area (Å²) in [5.41, 5.74) is 15.4. The molecule has 2 aliphatic rings. The maximum Gasteiger partial charge on any atom is 0.0713 e. The van der Waals surface area contributed by atoms with E-state index in [1.54, 1.807) is 0 Å². The molecule has 0 fully saturated rings. The number of rotatable bonds is 3. The van der Waals surface area contributed by atoms with Gasteiger partial charge >= 0.3 is 0 Å². The molecule has 0 saturated carbocycles. The highest BCUT2D eigenvalue weighted by molar-refractivity contribution is 6.18. The van der Waals surface area contributed by atoms with Gasteiger partial charge in [-0.2, -0.15) is 0 Å². The van der Waals surface area contributed by atoms with Gasteiger partial charge in [-0.15, -0.1) is 0 Å². The van der Waals surface area contributed by atoms with Crippen molar-refractivity contribution in [1.29, 1.82) is 0 Å². The molecule has 0 spiro atoms. The molecule has 7 aromatic carbocycles. The van der Waals surface area contributed by atoms with E-state index in [0.717, 1.165) is 0 Å². The first-order valence-electron chi connectivity index (χ1n) is 14.4. The summed E-state index contributed by atoms with van der Waals surface area (Å²) >= 11 is 0. The minimum Gasteiger partial charge on any atom is -0.0622 e. The molecule has 0 saturated heterocycles. The van der Waals surface area contributed by atoms with Crippen LogP contribution in [0.4, 0.5) is 0 Å². The Bertz CT molecular complexity index is 2070. The average Bonchev–Trinajstić information content (AvgIpc) is 3.54. The van der Waals surface area contributed by atoms with Gasteiger partial charge in [0, 0.05) is 0 Å². The molecule has 7 aromatic rings. The van der Waals surface area contributed by atoms with E-state index in [2.05, 4.69) is 158 Å². The van der Waals surface area contributed by atoms with Crippen LogP contribution >= 0.6 is 0 Å². The Kier molecular flexibility index (Phi) is 4.63. The molecule has 0 bridgehead atoms. The van der Waals surface area contributed by atoms with Gasteiger partial charge < -0.3 is 0 Å². The molecule has 0 aliphatic heterocycles. The molecule has 0 amide bonds. The molecule has 0 unspecified atom stereocenters. The molecule has 0 N–H and O–H groups in total. The first kappa shape index (κ1) is 22.6. The van der Waals surface area contributed by atoms with Gasteiger partial charge in [0.25, 0.3) is 0 Å². The van der Waals surface area contributed by atoms with E-state index in [-0.39, 0.29) is 0 Å². The van der Waals surface area contributed by atoms with Crippen LogP contribution in [-0.4, -0.2) is 0 Å². The lowest BCUT2D eigenvalue weighted by molar-refractivity contribution is 0.769. The summed E-state index contributed by atoms with van der Waals surface area (Å²) in [5, 5.41) is 2.68. The van der Waals surface area contributed by atoms with Crippen LogP contribution < -0.4 is 0 Å². The fourth-order valence-corrected chi connectivity index (χ4v) is 7.67. The summed E-state index contributed by atoms with van der Waals surface area (Å²) < 4.78 is 0. The highest BCUT2D eigenvalue weighted by Crippen LogP contribution is 2.57. The summed E-state index contributed by atoms with van der Waals surface area (Å²) in [6.07, 6.45) is 0. The molecule has 0 nitrogen and oxygen atoms in total. The summed E-state index contributed by atoms with van der Waals surface area (Å²) in [4.78, 5) is 0. The zero-order valence-corrected chi connectivity index (χ0v) is 22.5. The van der Waals surface area contributed by atoms with E-state index >= 15 is 0 Å². The van der Waals surface area contributed by atoms with Crippen molar-refractivity contribution in [2.45, 2.75) is 5.41 Å². The fraction of sp³-hybridized carbons (Fsp3) is 0.0244. The Morgan fingerprint density at radius 1 is 0.317 bits per heavy atom. The van der Waals surface area contributed by atoms with E-state index in [1.807, 2.05) is 0 Å². The van der Waals surface area contributed by atoms with Crippen molar-refractivity contribution in [2.75, 3.05) is 0 Å². The molecule has 0 heterocycles. The SMILES string of the molecule is c1ccc(C2(c3ccccc3)c3ccccc3-c3ccc(-c4ccc5c6c(cccc46)-c4ccccc4-5)cc32)cc1. The predicted molar refractivity (Wildman–Crippen MR) is 171 cm³/mol. The van der Waals surface area contributed by atoms with Gasteiger partial charge in [0.1, 0.15) is 0 Å². The van der Waals surface area contributed by atoms with E-state index in [1.165, 1.54) is 77.5 Å². The topological polar surface area (TPSA) is 0 Å². The maximum absolute atomic E-state index is 2.47. The molecule has 2 aliphatic carbocycles. The normalized spacial score (nSPS) is 13.6. The number of benzene rings is 7. The predicted octanol–water partition coefficient (Wildman–Crippen LogP) is 10.5. The summed E-state index contributed by atoms with van der Waals surface area (Å²) in [5.74, 6) is 0. The Labute approximate surface area is 240 Å². The second-order valence-corrected chi connectivity index (χ2v) is 11.2. The minimum atomic E-state index is -0.393. The Morgan fingerprint density at radius 2 is 0.829 bits per heavy atom. The van der Waals surface area contributed by atoms with Crippen molar-refractivity contribution in [3.05, 3.63) is 180 Å². The van der Waals surface area contributed by atoms with Crippen LogP contribution in [0.25, 0.3) is 55.3 Å². The molecular weight excluding hydrogens is 492 g/mol. The van der Waals surface area contributed by atoms with Crippen LogP contribution in [0.5, 0.6) is 0 Å². The molecule has 41 heavy (non-hydrogen) atoms. The molecule has 0 heteroatoms. The van der Waals surface area contributed by atoms with Crippen molar-refractivity contribution >= 4 is 10.8 Å².